The molecule has 1 heterocycles. The van der Waals surface area contributed by atoms with Gasteiger partial charge in [-0.2, -0.15) is 0 Å². The number of aryl methyl sites for hydroxylation is 1. The predicted octanol–water partition coefficient (Wildman–Crippen LogP) is 3.33. The molecule has 0 spiro atoms. The molecule has 0 saturated heterocycles. The van der Waals surface area contributed by atoms with E-state index in [0.717, 1.165) is 5.56 Å². The van der Waals surface area contributed by atoms with Gasteiger partial charge in [0.25, 0.3) is 5.91 Å². The lowest BCUT2D eigenvalue weighted by Crippen LogP contribution is -2.45. The quantitative estimate of drug-likeness (QED) is 0.0965. The summed E-state index contributed by atoms with van der Waals surface area (Å²) in [5.41, 5.74) is 2.24. The second-order valence-corrected chi connectivity index (χ2v) is 9.11. The van der Waals surface area contributed by atoms with Gasteiger partial charge in [0.1, 0.15) is 22.8 Å². The van der Waals surface area contributed by atoms with E-state index in [1.54, 1.807) is 19.3 Å². The Morgan fingerprint density at radius 2 is 1.68 bits per heavy atom. The standard InChI is InChI=1S/C29H33N3O9/c1-3-19(27(35)32-39)20(11-10-17-8-6-5-7-9-17)26(34)30-16-31-28(36)24-13-12-23(41-24)21-14-18(40-4-2)15-22(25(21)33)29(37)38/h5-9,12-15,19-20,33,39H,3-4,10-11,16H2,1-2H3,(H,30,34)(H,31,36)(H,32,35)(H,37,38)/t19-,20-/m1/s1. The van der Waals surface area contributed by atoms with E-state index in [4.69, 9.17) is 14.4 Å². The van der Waals surface area contributed by atoms with Crippen LogP contribution < -0.4 is 20.9 Å². The van der Waals surface area contributed by atoms with Gasteiger partial charge in [-0.3, -0.25) is 19.6 Å². The second-order valence-electron chi connectivity index (χ2n) is 9.11. The van der Waals surface area contributed by atoms with Gasteiger partial charge in [-0.1, -0.05) is 37.3 Å². The van der Waals surface area contributed by atoms with E-state index >= 15 is 0 Å². The first-order valence-electron chi connectivity index (χ1n) is 13.1. The highest BCUT2D eigenvalue weighted by Crippen LogP contribution is 2.37. The number of furan rings is 1. The van der Waals surface area contributed by atoms with Crippen LogP contribution in [-0.2, 0) is 16.0 Å². The van der Waals surface area contributed by atoms with Crippen molar-refractivity contribution in [2.24, 2.45) is 11.8 Å². The number of aromatic hydroxyl groups is 1. The van der Waals surface area contributed by atoms with Crippen molar-refractivity contribution in [3.8, 4) is 22.8 Å². The molecule has 218 valence electrons. The molecule has 0 aliphatic heterocycles. The van der Waals surface area contributed by atoms with E-state index in [2.05, 4.69) is 10.6 Å². The number of amides is 3. The van der Waals surface area contributed by atoms with Crippen molar-refractivity contribution in [1.82, 2.24) is 16.1 Å². The fourth-order valence-electron chi connectivity index (χ4n) is 4.46. The number of carboxylic acid groups (broad SMARTS) is 1. The molecule has 0 aliphatic rings. The molecule has 0 fully saturated rings. The Morgan fingerprint density at radius 3 is 2.32 bits per heavy atom. The number of carbonyl (C=O) groups excluding carboxylic acids is 3. The summed E-state index contributed by atoms with van der Waals surface area (Å²) in [7, 11) is 0. The summed E-state index contributed by atoms with van der Waals surface area (Å²) in [6.45, 7) is 3.44. The number of carbonyl (C=O) groups is 4. The Balaban J connectivity index is 1.68. The topological polar surface area (TPSA) is 187 Å². The first-order chi connectivity index (χ1) is 19.7. The molecule has 0 aliphatic carbocycles. The molecule has 41 heavy (non-hydrogen) atoms. The SMILES string of the molecule is CCOc1cc(C(=O)O)c(O)c(-c2ccc(C(=O)NCNC(=O)[C@H](CCc3ccccc3)[C@@H](CC)C(=O)NO)o2)c1. The van der Waals surface area contributed by atoms with Crippen molar-refractivity contribution >= 4 is 23.7 Å². The Morgan fingerprint density at radius 1 is 0.951 bits per heavy atom. The Hall–Kier alpha value is -4.84. The van der Waals surface area contributed by atoms with Crippen molar-refractivity contribution in [3.63, 3.8) is 0 Å². The number of hydrogen-bond donors (Lipinski definition) is 6. The van der Waals surface area contributed by atoms with E-state index in [-0.39, 0.29) is 36.1 Å². The van der Waals surface area contributed by atoms with Gasteiger partial charge in [0.2, 0.25) is 11.8 Å². The highest BCUT2D eigenvalue weighted by Gasteiger charge is 2.32. The third-order valence-corrected chi connectivity index (χ3v) is 6.53. The molecule has 12 heteroatoms. The first kappa shape index (κ1) is 30.7. The zero-order chi connectivity index (χ0) is 29.9. The summed E-state index contributed by atoms with van der Waals surface area (Å²) in [6.07, 6.45) is 1.16. The molecular weight excluding hydrogens is 534 g/mol. The highest BCUT2D eigenvalue weighted by molar-refractivity contribution is 5.96. The zero-order valence-corrected chi connectivity index (χ0v) is 22.7. The highest BCUT2D eigenvalue weighted by atomic mass is 16.5. The van der Waals surface area contributed by atoms with Gasteiger partial charge in [0.05, 0.1) is 24.8 Å². The van der Waals surface area contributed by atoms with Crippen LogP contribution in [0.2, 0.25) is 0 Å². The molecule has 6 N–H and O–H groups in total. The Labute approximate surface area is 236 Å². The molecule has 0 radical (unpaired) electrons. The molecule has 2 atom stereocenters. The number of nitrogens with one attached hydrogen (secondary N) is 3. The van der Waals surface area contributed by atoms with E-state index in [0.29, 0.717) is 19.3 Å². The summed E-state index contributed by atoms with van der Waals surface area (Å²) in [4.78, 5) is 49.5. The van der Waals surface area contributed by atoms with Crippen LogP contribution in [0.5, 0.6) is 11.5 Å². The molecule has 12 nitrogen and oxygen atoms in total. The number of ether oxygens (including phenoxy) is 1. The molecule has 3 amide bonds. The second kappa shape index (κ2) is 14.5. The van der Waals surface area contributed by atoms with Gasteiger partial charge in [-0.15, -0.1) is 0 Å². The smallest absolute Gasteiger partial charge is 0.339 e. The van der Waals surface area contributed by atoms with Crippen LogP contribution in [0.15, 0.2) is 59.0 Å². The molecule has 2 aromatic carbocycles. The van der Waals surface area contributed by atoms with Crippen LogP contribution >= 0.6 is 0 Å². The minimum atomic E-state index is -1.37. The molecule has 0 unspecified atom stereocenters. The van der Waals surface area contributed by atoms with Gasteiger partial charge >= 0.3 is 5.97 Å². The van der Waals surface area contributed by atoms with Crippen molar-refractivity contribution in [2.75, 3.05) is 13.3 Å². The zero-order valence-electron chi connectivity index (χ0n) is 22.7. The van der Waals surface area contributed by atoms with Gasteiger partial charge in [0.15, 0.2) is 5.76 Å². The number of carboxylic acids is 1. The monoisotopic (exact) mass is 567 g/mol. The van der Waals surface area contributed by atoms with Gasteiger partial charge < -0.3 is 30.0 Å². The normalized spacial score (nSPS) is 12.2. The lowest BCUT2D eigenvalue weighted by molar-refractivity contribution is -0.140. The van der Waals surface area contributed by atoms with Crippen LogP contribution in [-0.4, -0.2) is 52.4 Å². The molecule has 1 aromatic heterocycles. The van der Waals surface area contributed by atoms with Crippen LogP contribution in [0.4, 0.5) is 0 Å². The maximum absolute atomic E-state index is 13.1. The minimum Gasteiger partial charge on any atom is -0.506 e. The van der Waals surface area contributed by atoms with Gasteiger partial charge in [-0.25, -0.2) is 10.3 Å². The maximum atomic E-state index is 13.1. The third-order valence-electron chi connectivity index (χ3n) is 6.53. The van der Waals surface area contributed by atoms with E-state index in [1.807, 2.05) is 30.3 Å². The summed E-state index contributed by atoms with van der Waals surface area (Å²) >= 11 is 0. The third kappa shape index (κ3) is 7.85. The van der Waals surface area contributed by atoms with Crippen LogP contribution in [0, 0.1) is 11.8 Å². The fourth-order valence-corrected chi connectivity index (χ4v) is 4.46. The number of benzene rings is 2. The number of phenols is 1. The van der Waals surface area contributed by atoms with Crippen molar-refractivity contribution in [3.05, 3.63) is 71.5 Å². The van der Waals surface area contributed by atoms with E-state index < -0.39 is 46.8 Å². The molecule has 3 rings (SSSR count). The van der Waals surface area contributed by atoms with Crippen molar-refractivity contribution in [2.45, 2.75) is 33.1 Å². The van der Waals surface area contributed by atoms with Gasteiger partial charge in [0, 0.05) is 5.92 Å². The maximum Gasteiger partial charge on any atom is 0.339 e. The number of hydrogen-bond acceptors (Lipinski definition) is 8. The fraction of sp³-hybridized carbons (Fsp3) is 0.310. The minimum absolute atomic E-state index is 0.0229. The molecule has 0 bridgehead atoms. The van der Waals surface area contributed by atoms with E-state index in [1.165, 1.54) is 24.3 Å². The Kier molecular flexibility index (Phi) is 10.9. The summed E-state index contributed by atoms with van der Waals surface area (Å²) < 4.78 is 10.9. The Bertz CT molecular complexity index is 1370. The van der Waals surface area contributed by atoms with Crippen molar-refractivity contribution < 1.29 is 43.8 Å². The first-order valence-corrected chi connectivity index (χ1v) is 13.1. The van der Waals surface area contributed by atoms with Crippen molar-refractivity contribution in [1.29, 1.82) is 0 Å². The number of aromatic carboxylic acids is 1. The van der Waals surface area contributed by atoms with Gasteiger partial charge in [-0.05, 0) is 56.0 Å². The predicted molar refractivity (Wildman–Crippen MR) is 146 cm³/mol. The largest absolute Gasteiger partial charge is 0.506 e. The summed E-state index contributed by atoms with van der Waals surface area (Å²) in [5.74, 6) is -5.23. The van der Waals surface area contributed by atoms with Crippen LogP contribution in [0.25, 0.3) is 11.3 Å². The molecule has 3 aromatic rings. The van der Waals surface area contributed by atoms with Crippen LogP contribution in [0.1, 0.15) is 53.2 Å². The van der Waals surface area contributed by atoms with E-state index in [9.17, 15) is 29.4 Å². The lowest BCUT2D eigenvalue weighted by Gasteiger charge is -2.24. The molecule has 0 saturated carbocycles. The summed E-state index contributed by atoms with van der Waals surface area (Å²) in [6, 6.07) is 14.8. The average molecular weight is 568 g/mol. The number of hydroxylamine groups is 1. The number of rotatable bonds is 14. The van der Waals surface area contributed by atoms with Crippen LogP contribution in [0.3, 0.4) is 0 Å². The summed E-state index contributed by atoms with van der Waals surface area (Å²) in [5, 5.41) is 34.1. The molecular formula is C29H33N3O9. The lowest BCUT2D eigenvalue weighted by atomic mass is 9.84. The average Bonchev–Trinajstić information content (AvgIpc) is 3.46.